The number of fused-ring (bicyclic) bond motifs is 1. The largest absolute Gasteiger partial charge is 0.465 e. The van der Waals surface area contributed by atoms with E-state index in [1.54, 1.807) is 12.1 Å². The summed E-state index contributed by atoms with van der Waals surface area (Å²) in [6.07, 6.45) is 1.50. The van der Waals surface area contributed by atoms with E-state index in [1.165, 1.54) is 38.6 Å². The van der Waals surface area contributed by atoms with E-state index in [0.29, 0.717) is 10.9 Å². The Hall–Kier alpha value is -4.14. The van der Waals surface area contributed by atoms with Gasteiger partial charge in [0.2, 0.25) is 0 Å². The number of ether oxygens (including phenoxy) is 3. The number of hydrogen-bond acceptors (Lipinski definition) is 7. The van der Waals surface area contributed by atoms with Crippen LogP contribution in [-0.4, -0.2) is 49.6 Å². The van der Waals surface area contributed by atoms with Crippen LogP contribution in [0.5, 0.6) is 0 Å². The molecule has 0 spiro atoms. The lowest BCUT2D eigenvalue weighted by Crippen LogP contribution is -2.22. The molecule has 154 valence electrons. The van der Waals surface area contributed by atoms with Crippen LogP contribution in [0.3, 0.4) is 0 Å². The normalized spacial score (nSPS) is 10.3. The van der Waals surface area contributed by atoms with Crippen LogP contribution in [0.25, 0.3) is 10.9 Å². The molecule has 0 bridgehead atoms. The number of carbonyl (C=O) groups is 4. The van der Waals surface area contributed by atoms with E-state index in [1.807, 2.05) is 12.1 Å². The fourth-order valence-corrected chi connectivity index (χ4v) is 2.82. The van der Waals surface area contributed by atoms with Gasteiger partial charge >= 0.3 is 17.9 Å². The van der Waals surface area contributed by atoms with Crippen LogP contribution in [-0.2, 0) is 19.0 Å². The number of amides is 1. The van der Waals surface area contributed by atoms with Gasteiger partial charge in [0.25, 0.3) is 5.91 Å². The summed E-state index contributed by atoms with van der Waals surface area (Å²) in [6, 6.07) is 11.1. The lowest BCUT2D eigenvalue weighted by Gasteiger charge is -2.11. The lowest BCUT2D eigenvalue weighted by molar-refractivity contribution is -0.119. The zero-order chi connectivity index (χ0) is 21.7. The molecule has 9 heteroatoms. The number of aromatic nitrogens is 1. The predicted octanol–water partition coefficient (Wildman–Crippen LogP) is 2.54. The minimum atomic E-state index is -0.711. The Morgan fingerprint density at radius 1 is 0.900 bits per heavy atom. The number of carbonyl (C=O) groups excluding carboxylic acids is 4. The number of H-pyrrole nitrogens is 1. The number of nitrogens with one attached hydrogen (secondary N) is 2. The maximum Gasteiger partial charge on any atom is 0.340 e. The molecule has 3 aromatic rings. The molecule has 3 rings (SSSR count). The van der Waals surface area contributed by atoms with Crippen LogP contribution in [0.1, 0.15) is 31.1 Å². The van der Waals surface area contributed by atoms with E-state index in [-0.39, 0.29) is 16.8 Å². The Morgan fingerprint density at radius 2 is 1.63 bits per heavy atom. The van der Waals surface area contributed by atoms with Crippen molar-refractivity contribution in [2.24, 2.45) is 0 Å². The van der Waals surface area contributed by atoms with E-state index in [4.69, 9.17) is 4.74 Å². The number of para-hydroxylation sites is 1. The molecule has 1 amide bonds. The minimum Gasteiger partial charge on any atom is -0.465 e. The number of methoxy groups -OCH3 is 2. The van der Waals surface area contributed by atoms with Crippen molar-refractivity contribution in [2.45, 2.75) is 0 Å². The van der Waals surface area contributed by atoms with Crippen molar-refractivity contribution < 1.29 is 33.4 Å². The number of anilines is 1. The number of hydrogen-bond donors (Lipinski definition) is 2. The van der Waals surface area contributed by atoms with Crippen molar-refractivity contribution >= 4 is 40.4 Å². The van der Waals surface area contributed by atoms with Gasteiger partial charge in [0.05, 0.1) is 36.6 Å². The monoisotopic (exact) mass is 410 g/mol. The van der Waals surface area contributed by atoms with Gasteiger partial charge in [-0.25, -0.2) is 14.4 Å². The van der Waals surface area contributed by atoms with Gasteiger partial charge in [0.15, 0.2) is 6.61 Å². The highest BCUT2D eigenvalue weighted by molar-refractivity contribution is 6.06. The smallest absolute Gasteiger partial charge is 0.340 e. The average molecular weight is 410 g/mol. The highest BCUT2D eigenvalue weighted by Gasteiger charge is 2.19. The quantitative estimate of drug-likeness (QED) is 0.473. The van der Waals surface area contributed by atoms with Crippen molar-refractivity contribution in [3.8, 4) is 0 Å². The van der Waals surface area contributed by atoms with Gasteiger partial charge in [0, 0.05) is 17.1 Å². The van der Waals surface area contributed by atoms with E-state index < -0.39 is 30.4 Å². The zero-order valence-corrected chi connectivity index (χ0v) is 16.2. The van der Waals surface area contributed by atoms with Crippen LogP contribution in [0.2, 0.25) is 0 Å². The summed E-state index contributed by atoms with van der Waals surface area (Å²) in [4.78, 5) is 51.2. The number of aromatic amines is 1. The van der Waals surface area contributed by atoms with Crippen LogP contribution in [0.4, 0.5) is 5.69 Å². The van der Waals surface area contributed by atoms with Crippen LogP contribution < -0.4 is 5.32 Å². The highest BCUT2D eigenvalue weighted by atomic mass is 16.5. The van der Waals surface area contributed by atoms with Crippen LogP contribution in [0, 0.1) is 0 Å². The maximum absolute atomic E-state index is 12.3. The summed E-state index contributed by atoms with van der Waals surface area (Å²) < 4.78 is 14.4. The second kappa shape index (κ2) is 8.91. The molecule has 0 saturated carbocycles. The molecule has 0 atom stereocenters. The first kappa shape index (κ1) is 20.6. The topological polar surface area (TPSA) is 124 Å². The molecule has 0 saturated heterocycles. The molecule has 0 fully saturated rings. The Kier molecular flexibility index (Phi) is 6.11. The van der Waals surface area contributed by atoms with Crippen LogP contribution in [0.15, 0.2) is 48.7 Å². The van der Waals surface area contributed by atoms with E-state index >= 15 is 0 Å². The SMILES string of the molecule is COC(=O)c1ccc(C(=O)OC)c(NC(=O)COC(=O)c2c[nH]c3ccccc23)c1. The van der Waals surface area contributed by atoms with Crippen molar-refractivity contribution in [2.75, 3.05) is 26.1 Å². The maximum atomic E-state index is 12.3. The van der Waals surface area contributed by atoms with Crippen molar-refractivity contribution in [1.82, 2.24) is 4.98 Å². The average Bonchev–Trinajstić information content (AvgIpc) is 3.20. The van der Waals surface area contributed by atoms with Gasteiger partial charge in [-0.1, -0.05) is 18.2 Å². The molecule has 2 aromatic carbocycles. The molecule has 9 nitrogen and oxygen atoms in total. The molecule has 1 aromatic heterocycles. The van der Waals surface area contributed by atoms with Crippen LogP contribution >= 0.6 is 0 Å². The summed E-state index contributed by atoms with van der Waals surface area (Å²) in [7, 11) is 2.39. The molecule has 30 heavy (non-hydrogen) atoms. The lowest BCUT2D eigenvalue weighted by atomic mass is 10.1. The Labute approximate surface area is 170 Å². The first-order valence-electron chi connectivity index (χ1n) is 8.78. The molecule has 0 aliphatic rings. The van der Waals surface area contributed by atoms with Gasteiger partial charge in [-0.15, -0.1) is 0 Å². The van der Waals surface area contributed by atoms with Gasteiger partial charge in [-0.05, 0) is 24.3 Å². The fourth-order valence-electron chi connectivity index (χ4n) is 2.82. The fraction of sp³-hybridized carbons (Fsp3) is 0.143. The zero-order valence-electron chi connectivity index (χ0n) is 16.2. The Morgan fingerprint density at radius 3 is 2.37 bits per heavy atom. The summed E-state index contributed by atoms with van der Waals surface area (Å²) in [5.74, 6) is -2.74. The first-order chi connectivity index (χ1) is 14.4. The Balaban J connectivity index is 1.72. The highest BCUT2D eigenvalue weighted by Crippen LogP contribution is 2.21. The molecule has 0 unspecified atom stereocenters. The minimum absolute atomic E-state index is 0.0258. The van der Waals surface area contributed by atoms with Crippen molar-refractivity contribution in [1.29, 1.82) is 0 Å². The third kappa shape index (κ3) is 4.30. The first-order valence-corrected chi connectivity index (χ1v) is 8.78. The molecule has 0 aliphatic carbocycles. The van der Waals surface area contributed by atoms with Crippen molar-refractivity contribution in [3.63, 3.8) is 0 Å². The second-order valence-electron chi connectivity index (χ2n) is 6.12. The van der Waals surface area contributed by atoms with Gasteiger partial charge < -0.3 is 24.5 Å². The van der Waals surface area contributed by atoms with E-state index in [2.05, 4.69) is 19.8 Å². The number of esters is 3. The molecule has 0 aliphatic heterocycles. The van der Waals surface area contributed by atoms with Crippen molar-refractivity contribution in [3.05, 3.63) is 65.4 Å². The predicted molar refractivity (Wildman–Crippen MR) is 106 cm³/mol. The van der Waals surface area contributed by atoms with Gasteiger partial charge in [0.1, 0.15) is 0 Å². The number of benzene rings is 2. The van der Waals surface area contributed by atoms with Gasteiger partial charge in [-0.2, -0.15) is 0 Å². The standard InChI is InChI=1S/C21H18N2O7/c1-28-19(25)12-7-8-14(20(26)29-2)17(9-12)23-18(24)11-30-21(27)15-10-22-16-6-4-3-5-13(15)16/h3-10,22H,11H2,1-2H3,(H,23,24). The summed E-state index contributed by atoms with van der Waals surface area (Å²) in [5, 5.41) is 3.12. The van der Waals surface area contributed by atoms with E-state index in [9.17, 15) is 19.2 Å². The summed E-state index contributed by atoms with van der Waals surface area (Å²) >= 11 is 0. The third-order valence-corrected chi connectivity index (χ3v) is 4.26. The van der Waals surface area contributed by atoms with Gasteiger partial charge in [-0.3, -0.25) is 4.79 Å². The Bertz CT molecular complexity index is 1130. The summed E-state index contributed by atoms with van der Waals surface area (Å²) in [5.41, 5.74) is 1.23. The molecule has 1 heterocycles. The second-order valence-corrected chi connectivity index (χ2v) is 6.12. The summed E-state index contributed by atoms with van der Waals surface area (Å²) in [6.45, 7) is -0.596. The molecule has 0 radical (unpaired) electrons. The molecule has 2 N–H and O–H groups in total. The van der Waals surface area contributed by atoms with E-state index in [0.717, 1.165) is 5.52 Å². The molecular weight excluding hydrogens is 392 g/mol. The third-order valence-electron chi connectivity index (χ3n) is 4.26. The number of rotatable bonds is 6. The molecular formula is C21H18N2O7.